The number of allylic oxidation sites excluding steroid dienone is 13. The number of hydrogen-bond donors (Lipinski definition) is 1. The Morgan fingerprint density at radius 2 is 1.81 bits per heavy atom. The molecular formula is C41H57NO. The van der Waals surface area contributed by atoms with Gasteiger partial charge in [0.2, 0.25) is 0 Å². The van der Waals surface area contributed by atoms with E-state index in [1.807, 2.05) is 24.4 Å². The first kappa shape index (κ1) is 34.4. The van der Waals surface area contributed by atoms with E-state index in [1.165, 1.54) is 16.7 Å². The zero-order valence-corrected chi connectivity index (χ0v) is 28.4. The van der Waals surface area contributed by atoms with Crippen molar-refractivity contribution >= 4 is 6.21 Å². The monoisotopic (exact) mass is 579 g/mol. The smallest absolute Gasteiger partial charge is 0.128 e. The summed E-state index contributed by atoms with van der Waals surface area (Å²) in [4.78, 5) is 4.67. The van der Waals surface area contributed by atoms with Crippen LogP contribution in [0.25, 0.3) is 0 Å². The van der Waals surface area contributed by atoms with Crippen molar-refractivity contribution in [2.75, 3.05) is 6.54 Å². The Morgan fingerprint density at radius 3 is 2.47 bits per heavy atom. The first-order valence-corrected chi connectivity index (χ1v) is 16.6. The van der Waals surface area contributed by atoms with Crippen LogP contribution >= 0.6 is 0 Å². The Balaban J connectivity index is 1.65. The van der Waals surface area contributed by atoms with Gasteiger partial charge in [-0.1, -0.05) is 114 Å². The second-order valence-corrected chi connectivity index (χ2v) is 13.5. The number of hydrogen-bond acceptors (Lipinski definition) is 2. The van der Waals surface area contributed by atoms with Gasteiger partial charge < -0.3 is 5.11 Å². The molecule has 0 bridgehead atoms. The molecule has 2 nitrogen and oxygen atoms in total. The molecule has 0 aliphatic heterocycles. The molecule has 2 unspecified atom stereocenters. The maximum atomic E-state index is 10.7. The Hall–Kier alpha value is -3.13. The van der Waals surface area contributed by atoms with Crippen LogP contribution in [0.2, 0.25) is 0 Å². The van der Waals surface area contributed by atoms with E-state index in [4.69, 9.17) is 0 Å². The van der Waals surface area contributed by atoms with Crippen LogP contribution in [0.5, 0.6) is 5.75 Å². The van der Waals surface area contributed by atoms with Gasteiger partial charge in [-0.3, -0.25) is 4.99 Å². The standard InChI is InChI=1S/C41H57NO/c1-10-14-20-33-24-25-36(30(33)5)41(9,37-26-23-32(12-3)35(37)13-4)27-16-18-31(11-2)19-17-28-42-29-34-21-15-22-38(39(34)43)40(6,7)8/h10-11,14-15,20-22,24-26,29,36,43H,5,12-13,16-19,23,27-28H2,1-4,6-9H3/b14-10-,31-11-,33-20-,42-29+. The fourth-order valence-electron chi connectivity index (χ4n) is 6.99. The van der Waals surface area contributed by atoms with Crippen LogP contribution < -0.4 is 0 Å². The molecule has 0 heterocycles. The SMILES string of the molecule is C=C1/C(=C\C=C/C)C=CC1C(C)(CCC/C(=C/C)CCC/N=C/c1cccc(C(C)(C)C)c1O)C1=CCC(CC)=C1CC. The van der Waals surface area contributed by atoms with Gasteiger partial charge >= 0.3 is 0 Å². The van der Waals surface area contributed by atoms with Gasteiger partial charge in [0.25, 0.3) is 0 Å². The number of aromatic hydroxyl groups is 1. The minimum Gasteiger partial charge on any atom is -0.507 e. The largest absolute Gasteiger partial charge is 0.507 e. The van der Waals surface area contributed by atoms with Crippen molar-refractivity contribution in [1.82, 2.24) is 0 Å². The lowest BCUT2D eigenvalue weighted by Crippen LogP contribution is -2.29. The lowest BCUT2D eigenvalue weighted by Gasteiger charge is -2.39. The summed E-state index contributed by atoms with van der Waals surface area (Å²) in [6, 6.07) is 5.95. The first-order chi connectivity index (χ1) is 20.5. The molecule has 0 saturated heterocycles. The molecule has 2 aliphatic carbocycles. The summed E-state index contributed by atoms with van der Waals surface area (Å²) in [6.07, 6.45) is 26.7. The molecule has 232 valence electrons. The van der Waals surface area contributed by atoms with Gasteiger partial charge in [0.15, 0.2) is 0 Å². The molecule has 1 N–H and O–H groups in total. The number of benzene rings is 1. The lowest BCUT2D eigenvalue weighted by atomic mass is 9.64. The third-order valence-electron chi connectivity index (χ3n) is 9.56. The predicted octanol–water partition coefficient (Wildman–Crippen LogP) is 11.7. The van der Waals surface area contributed by atoms with Gasteiger partial charge in [0.1, 0.15) is 5.75 Å². The summed E-state index contributed by atoms with van der Waals surface area (Å²) in [7, 11) is 0. The minimum absolute atomic E-state index is 0.0358. The molecule has 0 amide bonds. The van der Waals surface area contributed by atoms with Crippen molar-refractivity contribution in [3.8, 4) is 5.75 Å². The van der Waals surface area contributed by atoms with Crippen LogP contribution in [0.15, 0.2) is 106 Å². The van der Waals surface area contributed by atoms with Gasteiger partial charge in [-0.05, 0) is 105 Å². The molecule has 0 saturated carbocycles. The third-order valence-corrected chi connectivity index (χ3v) is 9.56. The molecule has 1 aromatic carbocycles. The molecule has 2 aliphatic rings. The highest BCUT2D eigenvalue weighted by molar-refractivity contribution is 5.84. The second kappa shape index (κ2) is 15.6. The van der Waals surface area contributed by atoms with Crippen molar-refractivity contribution in [1.29, 1.82) is 0 Å². The average Bonchev–Trinajstić information content (AvgIpc) is 3.58. The lowest BCUT2D eigenvalue weighted by molar-refractivity contribution is 0.295. The van der Waals surface area contributed by atoms with Crippen molar-refractivity contribution in [3.05, 3.63) is 112 Å². The normalized spacial score (nSPS) is 20.3. The highest BCUT2D eigenvalue weighted by Gasteiger charge is 2.42. The summed E-state index contributed by atoms with van der Waals surface area (Å²) in [5.74, 6) is 0.675. The molecule has 2 heteroatoms. The van der Waals surface area contributed by atoms with Crippen LogP contribution in [0.3, 0.4) is 0 Å². The second-order valence-electron chi connectivity index (χ2n) is 13.5. The van der Waals surface area contributed by atoms with Gasteiger partial charge in [0.05, 0.1) is 0 Å². The van der Waals surface area contributed by atoms with Crippen LogP contribution in [0.1, 0.15) is 118 Å². The molecule has 3 rings (SSSR count). The number of phenolic OH excluding ortho intramolecular Hbond substituents is 1. The van der Waals surface area contributed by atoms with Crippen molar-refractivity contribution in [2.45, 2.75) is 112 Å². The average molecular weight is 580 g/mol. The molecule has 0 radical (unpaired) electrons. The van der Waals surface area contributed by atoms with E-state index >= 15 is 0 Å². The molecule has 0 spiro atoms. The molecule has 2 atom stereocenters. The first-order valence-electron chi connectivity index (χ1n) is 16.6. The number of aliphatic imine (C=N–C) groups is 1. The summed E-state index contributed by atoms with van der Waals surface area (Å²) in [5, 5.41) is 10.7. The maximum absolute atomic E-state index is 10.7. The fraction of sp³-hybridized carbons (Fsp3) is 0.488. The summed E-state index contributed by atoms with van der Waals surface area (Å²) in [6.45, 7) is 23.1. The highest BCUT2D eigenvalue weighted by atomic mass is 16.3. The Kier molecular flexibility index (Phi) is 12.4. The van der Waals surface area contributed by atoms with E-state index < -0.39 is 0 Å². The van der Waals surface area contributed by atoms with Crippen LogP contribution in [0, 0.1) is 11.3 Å². The summed E-state index contributed by atoms with van der Waals surface area (Å²) >= 11 is 0. The molecule has 0 fully saturated rings. The third kappa shape index (κ3) is 8.28. The van der Waals surface area contributed by atoms with Crippen LogP contribution in [0.4, 0.5) is 0 Å². The van der Waals surface area contributed by atoms with Crippen molar-refractivity contribution < 1.29 is 5.11 Å². The van der Waals surface area contributed by atoms with Gasteiger partial charge in [-0.2, -0.15) is 0 Å². The van der Waals surface area contributed by atoms with Crippen molar-refractivity contribution in [3.63, 3.8) is 0 Å². The van der Waals surface area contributed by atoms with E-state index in [0.29, 0.717) is 11.7 Å². The molecule has 43 heavy (non-hydrogen) atoms. The van der Waals surface area contributed by atoms with Gasteiger partial charge in [-0.25, -0.2) is 0 Å². The molecular weight excluding hydrogens is 522 g/mol. The van der Waals surface area contributed by atoms with Crippen molar-refractivity contribution in [2.24, 2.45) is 16.3 Å². The molecule has 1 aromatic rings. The zero-order valence-electron chi connectivity index (χ0n) is 28.4. The van der Waals surface area contributed by atoms with E-state index in [9.17, 15) is 5.11 Å². The topological polar surface area (TPSA) is 32.6 Å². The number of rotatable bonds is 14. The van der Waals surface area contributed by atoms with E-state index in [2.05, 4.69) is 109 Å². The molecule has 0 aromatic heterocycles. The van der Waals surface area contributed by atoms with Gasteiger partial charge in [0, 0.05) is 29.7 Å². The summed E-state index contributed by atoms with van der Waals surface area (Å²) < 4.78 is 0. The quantitative estimate of drug-likeness (QED) is 0.133. The Labute approximate surface area is 263 Å². The summed E-state index contributed by atoms with van der Waals surface area (Å²) in [5.41, 5.74) is 10.5. The minimum atomic E-state index is -0.0987. The number of para-hydroxylation sites is 1. The maximum Gasteiger partial charge on any atom is 0.128 e. The van der Waals surface area contributed by atoms with E-state index in [0.717, 1.165) is 69.0 Å². The van der Waals surface area contributed by atoms with Gasteiger partial charge in [-0.15, -0.1) is 0 Å². The van der Waals surface area contributed by atoms with Crippen LogP contribution in [-0.2, 0) is 5.41 Å². The number of phenols is 1. The fourth-order valence-corrected chi connectivity index (χ4v) is 6.99. The Morgan fingerprint density at radius 1 is 1.07 bits per heavy atom. The van der Waals surface area contributed by atoms with E-state index in [-0.39, 0.29) is 10.8 Å². The van der Waals surface area contributed by atoms with E-state index in [1.54, 1.807) is 16.7 Å². The predicted molar refractivity (Wildman–Crippen MR) is 189 cm³/mol. The van der Waals surface area contributed by atoms with Crippen LogP contribution in [-0.4, -0.2) is 17.9 Å². The Bertz CT molecular complexity index is 1350. The number of nitrogens with zero attached hydrogens (tertiary/aromatic N) is 1. The zero-order chi connectivity index (χ0) is 31.6. The highest BCUT2D eigenvalue weighted by Crippen LogP contribution is 2.53.